The van der Waals surface area contributed by atoms with E-state index in [1.165, 1.54) is 37.9 Å². The van der Waals surface area contributed by atoms with Crippen LogP contribution in [0.5, 0.6) is 0 Å². The second kappa shape index (κ2) is 5.89. The molecule has 1 heterocycles. The second-order valence-corrected chi connectivity index (χ2v) is 4.44. The van der Waals surface area contributed by atoms with E-state index in [0.29, 0.717) is 12.0 Å². The first-order chi connectivity index (χ1) is 8.25. The summed E-state index contributed by atoms with van der Waals surface area (Å²) < 4.78 is 24.9. The van der Waals surface area contributed by atoms with Crippen LogP contribution in [0.2, 0.25) is 0 Å². The summed E-state index contributed by atoms with van der Waals surface area (Å²) in [7, 11) is 0. The first-order valence-electron chi connectivity index (χ1n) is 6.13. The van der Waals surface area contributed by atoms with Crippen LogP contribution < -0.4 is 5.32 Å². The van der Waals surface area contributed by atoms with Crippen molar-refractivity contribution >= 4 is 5.95 Å². The number of aromatic nitrogens is 2. The van der Waals surface area contributed by atoms with Crippen molar-refractivity contribution in [1.82, 2.24) is 9.97 Å². The Morgan fingerprint density at radius 2 is 1.88 bits per heavy atom. The molecule has 0 radical (unpaired) electrons. The molecule has 1 N–H and O–H groups in total. The third kappa shape index (κ3) is 3.61. The molecule has 1 aliphatic rings. The maximum absolute atomic E-state index is 12.5. The molecule has 94 valence electrons. The van der Waals surface area contributed by atoms with Gasteiger partial charge in [0, 0.05) is 12.2 Å². The molecular weight excluding hydrogens is 224 g/mol. The van der Waals surface area contributed by atoms with Crippen molar-refractivity contribution in [2.24, 2.45) is 0 Å². The lowest BCUT2D eigenvalue weighted by atomic mass is 10.1. The van der Waals surface area contributed by atoms with Gasteiger partial charge in [-0.2, -0.15) is 0 Å². The molecule has 0 amide bonds. The lowest BCUT2D eigenvalue weighted by Gasteiger charge is -2.16. The Morgan fingerprint density at radius 1 is 1.18 bits per heavy atom. The highest BCUT2D eigenvalue weighted by Crippen LogP contribution is 2.21. The quantitative estimate of drug-likeness (QED) is 0.822. The van der Waals surface area contributed by atoms with Gasteiger partial charge in [-0.05, 0) is 18.9 Å². The van der Waals surface area contributed by atoms with Crippen LogP contribution in [0.15, 0.2) is 12.3 Å². The number of halogens is 2. The summed E-state index contributed by atoms with van der Waals surface area (Å²) in [5.41, 5.74) is -0.212. The molecule has 1 aromatic rings. The highest BCUT2D eigenvalue weighted by molar-refractivity contribution is 5.27. The van der Waals surface area contributed by atoms with Gasteiger partial charge in [-0.15, -0.1) is 0 Å². The van der Waals surface area contributed by atoms with Crippen LogP contribution in [0.1, 0.15) is 50.6 Å². The third-order valence-corrected chi connectivity index (χ3v) is 3.09. The zero-order valence-electron chi connectivity index (χ0n) is 9.70. The van der Waals surface area contributed by atoms with E-state index >= 15 is 0 Å². The molecule has 0 unspecified atom stereocenters. The van der Waals surface area contributed by atoms with Crippen molar-refractivity contribution in [2.45, 2.75) is 51.0 Å². The average molecular weight is 241 g/mol. The second-order valence-electron chi connectivity index (χ2n) is 4.44. The topological polar surface area (TPSA) is 37.8 Å². The molecule has 0 atom stereocenters. The standard InChI is InChI=1S/C12H17F2N3/c13-11(14)10-7-8-15-12(17-10)16-9-5-3-1-2-4-6-9/h7-9,11H,1-6H2,(H,15,16,17). The molecule has 1 fully saturated rings. The summed E-state index contributed by atoms with van der Waals surface area (Å²) in [6.45, 7) is 0. The Bertz CT molecular complexity index is 349. The van der Waals surface area contributed by atoms with Crippen molar-refractivity contribution in [1.29, 1.82) is 0 Å². The number of nitrogens with one attached hydrogen (secondary N) is 1. The minimum absolute atomic E-state index is 0.212. The third-order valence-electron chi connectivity index (χ3n) is 3.09. The molecule has 1 aromatic heterocycles. The smallest absolute Gasteiger partial charge is 0.280 e. The van der Waals surface area contributed by atoms with E-state index in [2.05, 4.69) is 15.3 Å². The van der Waals surface area contributed by atoms with Crippen molar-refractivity contribution in [2.75, 3.05) is 5.32 Å². The lowest BCUT2D eigenvalue weighted by molar-refractivity contribution is 0.146. The van der Waals surface area contributed by atoms with E-state index in [4.69, 9.17) is 0 Å². The molecular formula is C12H17F2N3. The van der Waals surface area contributed by atoms with Gasteiger partial charge >= 0.3 is 0 Å². The zero-order chi connectivity index (χ0) is 12.1. The van der Waals surface area contributed by atoms with Gasteiger partial charge in [0.25, 0.3) is 6.43 Å². The number of rotatable bonds is 3. The molecule has 0 spiro atoms. The first-order valence-corrected chi connectivity index (χ1v) is 6.13. The maximum Gasteiger partial charge on any atom is 0.280 e. The summed E-state index contributed by atoms with van der Waals surface area (Å²) in [4.78, 5) is 7.82. The van der Waals surface area contributed by atoms with Crippen LogP contribution in [0.4, 0.5) is 14.7 Å². The number of hydrogen-bond donors (Lipinski definition) is 1. The van der Waals surface area contributed by atoms with Gasteiger partial charge in [-0.3, -0.25) is 0 Å². The van der Waals surface area contributed by atoms with Gasteiger partial charge in [0.1, 0.15) is 5.69 Å². The molecule has 3 nitrogen and oxygen atoms in total. The fourth-order valence-corrected chi connectivity index (χ4v) is 2.17. The van der Waals surface area contributed by atoms with Crippen LogP contribution in [-0.2, 0) is 0 Å². The van der Waals surface area contributed by atoms with Gasteiger partial charge in [0.15, 0.2) is 0 Å². The minimum atomic E-state index is -2.53. The Balaban J connectivity index is 1.99. The molecule has 1 aliphatic carbocycles. The summed E-state index contributed by atoms with van der Waals surface area (Å²) in [5, 5.41) is 3.16. The Labute approximate surface area is 99.7 Å². The Morgan fingerprint density at radius 3 is 2.53 bits per heavy atom. The summed E-state index contributed by atoms with van der Waals surface area (Å²) in [6.07, 6.45) is 5.88. The fraction of sp³-hybridized carbons (Fsp3) is 0.667. The lowest BCUT2D eigenvalue weighted by Crippen LogP contribution is -2.20. The zero-order valence-corrected chi connectivity index (χ0v) is 9.70. The SMILES string of the molecule is FC(F)c1ccnc(NC2CCCCCC2)n1. The molecule has 5 heteroatoms. The molecule has 2 rings (SSSR count). The van der Waals surface area contributed by atoms with E-state index in [-0.39, 0.29) is 5.69 Å². The van der Waals surface area contributed by atoms with Crippen LogP contribution in [0, 0.1) is 0 Å². The molecule has 17 heavy (non-hydrogen) atoms. The van der Waals surface area contributed by atoms with Crippen LogP contribution in [-0.4, -0.2) is 16.0 Å². The maximum atomic E-state index is 12.5. The van der Waals surface area contributed by atoms with Crippen molar-refractivity contribution in [3.8, 4) is 0 Å². The van der Waals surface area contributed by atoms with Crippen molar-refractivity contribution in [3.05, 3.63) is 18.0 Å². The number of alkyl halides is 2. The van der Waals surface area contributed by atoms with Crippen LogP contribution in [0.25, 0.3) is 0 Å². The number of anilines is 1. The summed E-state index contributed by atoms with van der Waals surface area (Å²) >= 11 is 0. The monoisotopic (exact) mass is 241 g/mol. The molecule has 0 saturated heterocycles. The van der Waals surface area contributed by atoms with E-state index in [0.717, 1.165) is 12.8 Å². The predicted octanol–water partition coefficient (Wildman–Crippen LogP) is 3.55. The van der Waals surface area contributed by atoms with E-state index in [1.54, 1.807) is 0 Å². The molecule has 1 saturated carbocycles. The minimum Gasteiger partial charge on any atom is -0.351 e. The highest BCUT2D eigenvalue weighted by Gasteiger charge is 2.14. The first kappa shape index (κ1) is 12.2. The highest BCUT2D eigenvalue weighted by atomic mass is 19.3. The summed E-state index contributed by atoms with van der Waals surface area (Å²) in [6, 6.07) is 1.58. The van der Waals surface area contributed by atoms with Crippen LogP contribution in [0.3, 0.4) is 0 Å². The molecule has 0 aromatic carbocycles. The van der Waals surface area contributed by atoms with E-state index < -0.39 is 6.43 Å². The van der Waals surface area contributed by atoms with Gasteiger partial charge < -0.3 is 5.32 Å². The Hall–Kier alpha value is -1.26. The average Bonchev–Trinajstić information content (AvgIpc) is 2.58. The van der Waals surface area contributed by atoms with Gasteiger partial charge in [-0.1, -0.05) is 25.7 Å². The fourth-order valence-electron chi connectivity index (χ4n) is 2.17. The van der Waals surface area contributed by atoms with E-state index in [9.17, 15) is 8.78 Å². The number of nitrogens with zero attached hydrogens (tertiary/aromatic N) is 2. The van der Waals surface area contributed by atoms with Gasteiger partial charge in [0.05, 0.1) is 0 Å². The number of hydrogen-bond acceptors (Lipinski definition) is 3. The van der Waals surface area contributed by atoms with Crippen LogP contribution >= 0.6 is 0 Å². The van der Waals surface area contributed by atoms with Gasteiger partial charge in [-0.25, -0.2) is 18.7 Å². The molecule has 0 aliphatic heterocycles. The van der Waals surface area contributed by atoms with Crippen molar-refractivity contribution in [3.63, 3.8) is 0 Å². The molecule has 0 bridgehead atoms. The van der Waals surface area contributed by atoms with Gasteiger partial charge in [0.2, 0.25) is 5.95 Å². The Kier molecular flexibility index (Phi) is 4.23. The summed E-state index contributed by atoms with van der Waals surface area (Å²) in [5.74, 6) is 0.328. The normalized spacial score (nSPS) is 18.1. The largest absolute Gasteiger partial charge is 0.351 e. The van der Waals surface area contributed by atoms with E-state index in [1.807, 2.05) is 0 Å². The predicted molar refractivity (Wildman–Crippen MR) is 62.1 cm³/mol. The van der Waals surface area contributed by atoms with Crippen molar-refractivity contribution < 1.29 is 8.78 Å².